The lowest BCUT2D eigenvalue weighted by Crippen LogP contribution is -2.31. The van der Waals surface area contributed by atoms with Crippen molar-refractivity contribution >= 4 is 0 Å². The van der Waals surface area contributed by atoms with E-state index >= 15 is 0 Å². The first-order valence-corrected chi connectivity index (χ1v) is 5.51. The van der Waals surface area contributed by atoms with Crippen LogP contribution in [0, 0.1) is 6.92 Å². The lowest BCUT2D eigenvalue weighted by Gasteiger charge is -2.16. The van der Waals surface area contributed by atoms with E-state index in [9.17, 15) is 9.90 Å². The first-order valence-electron chi connectivity index (χ1n) is 5.51. The molecule has 88 valence electrons. The SMILES string of the molecule is CCC1CC(O)C(n2ccc(C)nc2=O)O1. The Hall–Kier alpha value is -1.20. The zero-order valence-corrected chi connectivity index (χ0v) is 9.46. The van der Waals surface area contributed by atoms with Gasteiger partial charge in [0.1, 0.15) is 6.10 Å². The van der Waals surface area contributed by atoms with E-state index in [2.05, 4.69) is 4.98 Å². The second-order valence-corrected chi connectivity index (χ2v) is 4.12. The van der Waals surface area contributed by atoms with Gasteiger partial charge in [0.05, 0.1) is 6.10 Å². The highest BCUT2D eigenvalue weighted by atomic mass is 16.5. The normalized spacial score (nSPS) is 29.6. The van der Waals surface area contributed by atoms with Crippen LogP contribution in [0.4, 0.5) is 0 Å². The van der Waals surface area contributed by atoms with Crippen LogP contribution >= 0.6 is 0 Å². The summed E-state index contributed by atoms with van der Waals surface area (Å²) in [5, 5.41) is 9.83. The number of aromatic nitrogens is 2. The van der Waals surface area contributed by atoms with Gasteiger partial charge in [-0.05, 0) is 19.4 Å². The number of hydrogen-bond donors (Lipinski definition) is 1. The predicted molar refractivity (Wildman–Crippen MR) is 58.1 cm³/mol. The number of hydrogen-bond acceptors (Lipinski definition) is 4. The fourth-order valence-corrected chi connectivity index (χ4v) is 1.93. The zero-order valence-electron chi connectivity index (χ0n) is 9.46. The molecule has 0 aliphatic carbocycles. The predicted octanol–water partition coefficient (Wildman–Crippen LogP) is 0.610. The Morgan fingerprint density at radius 1 is 1.69 bits per heavy atom. The molecular weight excluding hydrogens is 208 g/mol. The number of ether oxygens (including phenoxy) is 1. The van der Waals surface area contributed by atoms with E-state index in [1.54, 1.807) is 19.2 Å². The minimum atomic E-state index is -0.632. The molecule has 0 bridgehead atoms. The topological polar surface area (TPSA) is 64.3 Å². The molecule has 5 heteroatoms. The van der Waals surface area contributed by atoms with Crippen LogP contribution in [0.25, 0.3) is 0 Å². The molecule has 1 N–H and O–H groups in total. The molecule has 0 spiro atoms. The molecule has 1 saturated heterocycles. The van der Waals surface area contributed by atoms with E-state index in [1.807, 2.05) is 6.92 Å². The van der Waals surface area contributed by atoms with Gasteiger partial charge in [-0.3, -0.25) is 4.57 Å². The maximum atomic E-state index is 11.6. The summed E-state index contributed by atoms with van der Waals surface area (Å²) in [5.41, 5.74) is 0.293. The zero-order chi connectivity index (χ0) is 11.7. The number of aliphatic hydroxyl groups excluding tert-OH is 1. The van der Waals surface area contributed by atoms with Crippen LogP contribution in [0.1, 0.15) is 31.7 Å². The van der Waals surface area contributed by atoms with Crippen LogP contribution in [0.5, 0.6) is 0 Å². The summed E-state index contributed by atoms with van der Waals surface area (Å²) < 4.78 is 6.96. The quantitative estimate of drug-likeness (QED) is 0.799. The van der Waals surface area contributed by atoms with Gasteiger partial charge in [-0.15, -0.1) is 0 Å². The summed E-state index contributed by atoms with van der Waals surface area (Å²) in [7, 11) is 0. The van der Waals surface area contributed by atoms with E-state index in [0.717, 1.165) is 6.42 Å². The van der Waals surface area contributed by atoms with E-state index in [0.29, 0.717) is 12.1 Å². The summed E-state index contributed by atoms with van der Waals surface area (Å²) >= 11 is 0. The highest BCUT2D eigenvalue weighted by Crippen LogP contribution is 2.28. The van der Waals surface area contributed by atoms with Crippen LogP contribution < -0.4 is 5.69 Å². The van der Waals surface area contributed by atoms with Gasteiger partial charge < -0.3 is 9.84 Å². The van der Waals surface area contributed by atoms with E-state index in [1.165, 1.54) is 4.57 Å². The monoisotopic (exact) mass is 224 g/mol. The molecule has 1 aromatic heterocycles. The summed E-state index contributed by atoms with van der Waals surface area (Å²) in [6.07, 6.45) is 1.82. The third kappa shape index (κ3) is 2.01. The summed E-state index contributed by atoms with van der Waals surface area (Å²) in [6, 6.07) is 1.73. The molecule has 16 heavy (non-hydrogen) atoms. The largest absolute Gasteiger partial charge is 0.388 e. The number of aliphatic hydroxyl groups is 1. The smallest absolute Gasteiger partial charge is 0.349 e. The molecule has 0 amide bonds. The lowest BCUT2D eigenvalue weighted by molar-refractivity contribution is -0.0404. The van der Waals surface area contributed by atoms with E-state index in [4.69, 9.17) is 4.74 Å². The molecular formula is C11H16N2O3. The van der Waals surface area contributed by atoms with E-state index in [-0.39, 0.29) is 11.8 Å². The van der Waals surface area contributed by atoms with Gasteiger partial charge in [-0.25, -0.2) is 4.79 Å². The van der Waals surface area contributed by atoms with Crippen molar-refractivity contribution in [1.29, 1.82) is 0 Å². The fraction of sp³-hybridized carbons (Fsp3) is 0.636. The molecule has 2 rings (SSSR count). The molecule has 3 atom stereocenters. The van der Waals surface area contributed by atoms with Crippen molar-refractivity contribution in [3.05, 3.63) is 28.4 Å². The summed E-state index contributed by atoms with van der Waals surface area (Å²) in [5.74, 6) is 0. The van der Waals surface area contributed by atoms with Gasteiger partial charge in [0.15, 0.2) is 6.23 Å². The third-order valence-corrected chi connectivity index (χ3v) is 2.86. The second-order valence-electron chi connectivity index (χ2n) is 4.12. The minimum absolute atomic E-state index is 0.0215. The van der Waals surface area contributed by atoms with Crippen LogP contribution in [0.15, 0.2) is 17.1 Å². The summed E-state index contributed by atoms with van der Waals surface area (Å²) in [4.78, 5) is 15.4. The molecule has 3 unspecified atom stereocenters. The molecule has 1 aromatic rings. The van der Waals surface area contributed by atoms with Gasteiger partial charge in [-0.2, -0.15) is 4.98 Å². The Morgan fingerprint density at radius 2 is 2.44 bits per heavy atom. The molecule has 1 fully saturated rings. The number of aryl methyl sites for hydroxylation is 1. The average molecular weight is 224 g/mol. The molecule has 0 saturated carbocycles. The van der Waals surface area contributed by atoms with Gasteiger partial charge in [0, 0.05) is 18.3 Å². The Labute approximate surface area is 93.7 Å². The van der Waals surface area contributed by atoms with Crippen molar-refractivity contribution < 1.29 is 9.84 Å². The second kappa shape index (κ2) is 4.35. The first kappa shape index (κ1) is 11.3. The Kier molecular flexibility index (Phi) is 3.07. The maximum Gasteiger partial charge on any atom is 0.349 e. The third-order valence-electron chi connectivity index (χ3n) is 2.86. The van der Waals surface area contributed by atoms with Crippen LogP contribution in [0.3, 0.4) is 0 Å². The van der Waals surface area contributed by atoms with Crippen LogP contribution in [-0.4, -0.2) is 26.9 Å². The number of nitrogens with zero attached hydrogens (tertiary/aromatic N) is 2. The van der Waals surface area contributed by atoms with Gasteiger partial charge in [0.25, 0.3) is 0 Å². The standard InChI is InChI=1S/C11H16N2O3/c1-3-8-6-9(14)10(16-8)13-5-4-7(2)12-11(13)15/h4-5,8-10,14H,3,6H2,1-2H3. The van der Waals surface area contributed by atoms with Crippen molar-refractivity contribution in [3.8, 4) is 0 Å². The maximum absolute atomic E-state index is 11.6. The highest BCUT2D eigenvalue weighted by molar-refractivity contribution is 4.97. The number of rotatable bonds is 2. The highest BCUT2D eigenvalue weighted by Gasteiger charge is 2.34. The molecule has 1 aliphatic heterocycles. The minimum Gasteiger partial charge on any atom is -0.388 e. The van der Waals surface area contributed by atoms with Gasteiger partial charge in [0.2, 0.25) is 0 Å². The van der Waals surface area contributed by atoms with Crippen molar-refractivity contribution in [3.63, 3.8) is 0 Å². The van der Waals surface area contributed by atoms with Crippen LogP contribution in [-0.2, 0) is 4.74 Å². The van der Waals surface area contributed by atoms with Crippen molar-refractivity contribution in [1.82, 2.24) is 9.55 Å². The van der Waals surface area contributed by atoms with Crippen LogP contribution in [0.2, 0.25) is 0 Å². The van der Waals surface area contributed by atoms with Crippen molar-refractivity contribution in [2.45, 2.75) is 45.1 Å². The Morgan fingerprint density at radius 3 is 3.00 bits per heavy atom. The van der Waals surface area contributed by atoms with Gasteiger partial charge >= 0.3 is 5.69 Å². The van der Waals surface area contributed by atoms with Gasteiger partial charge in [-0.1, -0.05) is 6.92 Å². The Balaban J connectivity index is 2.28. The van der Waals surface area contributed by atoms with E-state index < -0.39 is 12.3 Å². The molecule has 0 aromatic carbocycles. The van der Waals surface area contributed by atoms with Crippen molar-refractivity contribution in [2.24, 2.45) is 0 Å². The Bertz CT molecular complexity index is 429. The molecule has 1 aliphatic rings. The first-order chi connectivity index (χ1) is 7.61. The molecule has 0 radical (unpaired) electrons. The molecule has 5 nitrogen and oxygen atoms in total. The fourth-order valence-electron chi connectivity index (χ4n) is 1.93. The van der Waals surface area contributed by atoms with Crippen molar-refractivity contribution in [2.75, 3.05) is 0 Å². The molecule has 2 heterocycles. The lowest BCUT2D eigenvalue weighted by atomic mass is 10.1. The average Bonchev–Trinajstić information content (AvgIpc) is 2.60. The summed E-state index contributed by atoms with van der Waals surface area (Å²) in [6.45, 7) is 3.75.